The fourth-order valence-electron chi connectivity index (χ4n) is 1.39. The third-order valence-corrected chi connectivity index (χ3v) is 3.72. The number of alkyl halides is 1. The molecule has 0 saturated heterocycles. The Kier molecular flexibility index (Phi) is 2.20. The molecule has 0 amide bonds. The van der Waals surface area contributed by atoms with Crippen LogP contribution in [0.2, 0.25) is 0 Å². The van der Waals surface area contributed by atoms with Gasteiger partial charge in [-0.1, -0.05) is 34.1 Å². The number of fused-ring (bicyclic) bond motifs is 1. The minimum absolute atomic E-state index is 0.961. The molecule has 1 heterocycles. The van der Waals surface area contributed by atoms with E-state index in [4.69, 9.17) is 0 Å². The van der Waals surface area contributed by atoms with Gasteiger partial charge in [-0.25, -0.2) is 0 Å². The molecule has 0 atom stereocenters. The van der Waals surface area contributed by atoms with E-state index in [2.05, 4.69) is 47.1 Å². The average Bonchev–Trinajstić information content (AvgIpc) is 2.40. The number of hydrogen-bond acceptors (Lipinski definition) is 1. The second kappa shape index (κ2) is 3.19. The van der Waals surface area contributed by atoms with Gasteiger partial charge in [-0.2, -0.15) is 0 Å². The van der Waals surface area contributed by atoms with E-state index < -0.39 is 0 Å². The summed E-state index contributed by atoms with van der Waals surface area (Å²) in [5.41, 5.74) is 1.44. The third-order valence-electron chi connectivity index (χ3n) is 2.03. The lowest BCUT2D eigenvalue weighted by molar-refractivity contribution is 1.44. The first kappa shape index (κ1) is 8.27. The maximum Gasteiger partial charge on any atom is 0.0348 e. The largest absolute Gasteiger partial charge is 0.140 e. The van der Waals surface area contributed by atoms with Crippen LogP contribution in [0.5, 0.6) is 0 Å². The summed E-state index contributed by atoms with van der Waals surface area (Å²) < 4.78 is 1.39. The van der Waals surface area contributed by atoms with Crippen LogP contribution in [0.4, 0.5) is 0 Å². The van der Waals surface area contributed by atoms with E-state index in [-0.39, 0.29) is 0 Å². The van der Waals surface area contributed by atoms with E-state index in [0.29, 0.717) is 0 Å². The van der Waals surface area contributed by atoms with Crippen molar-refractivity contribution in [1.29, 1.82) is 0 Å². The molecule has 0 bridgehead atoms. The van der Waals surface area contributed by atoms with Gasteiger partial charge in [-0.15, -0.1) is 11.3 Å². The number of rotatable bonds is 1. The Morgan fingerprint density at radius 1 is 1.33 bits per heavy atom. The topological polar surface area (TPSA) is 0 Å². The molecule has 0 nitrogen and oxygen atoms in total. The van der Waals surface area contributed by atoms with Crippen molar-refractivity contribution in [3.05, 3.63) is 34.7 Å². The van der Waals surface area contributed by atoms with Gasteiger partial charge >= 0.3 is 0 Å². The molecule has 0 radical (unpaired) electrons. The zero-order chi connectivity index (χ0) is 8.55. The van der Waals surface area contributed by atoms with Crippen molar-refractivity contribution in [1.82, 2.24) is 0 Å². The summed E-state index contributed by atoms with van der Waals surface area (Å²) in [5.74, 6) is 0. The molecule has 0 aliphatic carbocycles. The maximum absolute atomic E-state index is 3.52. The highest BCUT2D eigenvalue weighted by atomic mass is 79.9. The van der Waals surface area contributed by atoms with Gasteiger partial charge in [0.25, 0.3) is 0 Å². The van der Waals surface area contributed by atoms with Gasteiger partial charge in [0.2, 0.25) is 0 Å². The van der Waals surface area contributed by atoms with E-state index in [1.807, 2.05) is 11.3 Å². The molecule has 0 aliphatic heterocycles. The third kappa shape index (κ3) is 1.19. The Morgan fingerprint density at radius 3 is 2.83 bits per heavy atom. The highest BCUT2D eigenvalue weighted by molar-refractivity contribution is 9.08. The van der Waals surface area contributed by atoms with Crippen molar-refractivity contribution in [2.24, 2.45) is 0 Å². The molecule has 0 aliphatic rings. The number of thiophene rings is 1. The van der Waals surface area contributed by atoms with Gasteiger partial charge in [0.05, 0.1) is 0 Å². The summed E-state index contributed by atoms with van der Waals surface area (Å²) in [5, 5.41) is 2.36. The molecule has 0 spiro atoms. The van der Waals surface area contributed by atoms with Crippen LogP contribution in [-0.2, 0) is 5.33 Å². The van der Waals surface area contributed by atoms with Crippen molar-refractivity contribution in [3.8, 4) is 0 Å². The lowest BCUT2D eigenvalue weighted by Gasteiger charge is -1.92. The van der Waals surface area contributed by atoms with Gasteiger partial charge in [-0.3, -0.25) is 0 Å². The Hall–Kier alpha value is -0.340. The standard InChI is InChI=1S/C10H9BrS/c1-7-9(6-11)8-4-2-3-5-10(8)12-7/h2-5H,6H2,1H3. The molecular weight excluding hydrogens is 232 g/mol. The van der Waals surface area contributed by atoms with Gasteiger partial charge in [0.1, 0.15) is 0 Å². The molecule has 0 fully saturated rings. The molecule has 2 aromatic rings. The molecule has 0 saturated carbocycles. The van der Waals surface area contributed by atoms with Crippen LogP contribution in [0, 0.1) is 6.92 Å². The van der Waals surface area contributed by atoms with Crippen LogP contribution in [-0.4, -0.2) is 0 Å². The summed E-state index contributed by atoms with van der Waals surface area (Å²) in [7, 11) is 0. The van der Waals surface area contributed by atoms with E-state index >= 15 is 0 Å². The van der Waals surface area contributed by atoms with E-state index in [1.54, 1.807) is 0 Å². The summed E-state index contributed by atoms with van der Waals surface area (Å²) in [4.78, 5) is 1.42. The number of hydrogen-bond donors (Lipinski definition) is 0. The van der Waals surface area contributed by atoms with Crippen molar-refractivity contribution in [2.45, 2.75) is 12.3 Å². The molecule has 0 unspecified atom stereocenters. The summed E-state index contributed by atoms with van der Waals surface area (Å²) in [6.45, 7) is 2.18. The first-order chi connectivity index (χ1) is 5.83. The van der Waals surface area contributed by atoms with Crippen molar-refractivity contribution in [3.63, 3.8) is 0 Å². The van der Waals surface area contributed by atoms with Crippen LogP contribution >= 0.6 is 27.3 Å². The quantitative estimate of drug-likeness (QED) is 0.659. The molecule has 62 valence electrons. The second-order valence-electron chi connectivity index (χ2n) is 2.77. The summed E-state index contributed by atoms with van der Waals surface area (Å²) in [6, 6.07) is 8.56. The number of aryl methyl sites for hydroxylation is 1. The normalized spacial score (nSPS) is 10.8. The monoisotopic (exact) mass is 240 g/mol. The predicted molar refractivity (Wildman–Crippen MR) is 59.2 cm³/mol. The molecule has 2 rings (SSSR count). The summed E-state index contributed by atoms with van der Waals surface area (Å²) >= 11 is 5.39. The van der Waals surface area contributed by atoms with Gasteiger partial charge in [0, 0.05) is 14.9 Å². The number of benzene rings is 1. The van der Waals surface area contributed by atoms with Crippen LogP contribution in [0.15, 0.2) is 24.3 Å². The van der Waals surface area contributed by atoms with Crippen LogP contribution in [0.3, 0.4) is 0 Å². The Labute approximate surface area is 84.4 Å². The van der Waals surface area contributed by atoms with Gasteiger partial charge < -0.3 is 0 Å². The minimum atomic E-state index is 0.961. The Bertz CT molecular complexity index is 403. The highest BCUT2D eigenvalue weighted by Gasteiger charge is 2.05. The highest BCUT2D eigenvalue weighted by Crippen LogP contribution is 2.31. The first-order valence-electron chi connectivity index (χ1n) is 3.86. The molecule has 12 heavy (non-hydrogen) atoms. The predicted octanol–water partition coefficient (Wildman–Crippen LogP) is 4.10. The molecule has 2 heteroatoms. The molecule has 1 aromatic heterocycles. The van der Waals surface area contributed by atoms with Crippen LogP contribution in [0.25, 0.3) is 10.1 Å². The first-order valence-corrected chi connectivity index (χ1v) is 5.79. The number of halogens is 1. The molecular formula is C10H9BrS. The van der Waals surface area contributed by atoms with E-state index in [9.17, 15) is 0 Å². The lowest BCUT2D eigenvalue weighted by atomic mass is 10.2. The SMILES string of the molecule is Cc1sc2ccccc2c1CBr. The maximum atomic E-state index is 3.52. The van der Waals surface area contributed by atoms with Gasteiger partial charge in [-0.05, 0) is 23.9 Å². The van der Waals surface area contributed by atoms with Crippen LogP contribution in [0.1, 0.15) is 10.4 Å². The van der Waals surface area contributed by atoms with Crippen LogP contribution < -0.4 is 0 Å². The van der Waals surface area contributed by atoms with Crippen molar-refractivity contribution < 1.29 is 0 Å². The van der Waals surface area contributed by atoms with Crippen molar-refractivity contribution in [2.75, 3.05) is 0 Å². The molecule has 0 N–H and O–H groups in total. The Morgan fingerprint density at radius 2 is 2.08 bits per heavy atom. The van der Waals surface area contributed by atoms with E-state index in [0.717, 1.165) is 5.33 Å². The lowest BCUT2D eigenvalue weighted by Crippen LogP contribution is -1.75. The summed E-state index contributed by atoms with van der Waals surface area (Å²) in [6.07, 6.45) is 0. The van der Waals surface area contributed by atoms with Gasteiger partial charge in [0.15, 0.2) is 0 Å². The fraction of sp³-hybridized carbons (Fsp3) is 0.200. The van der Waals surface area contributed by atoms with Crippen molar-refractivity contribution >= 4 is 37.4 Å². The zero-order valence-corrected chi connectivity index (χ0v) is 9.21. The minimum Gasteiger partial charge on any atom is -0.140 e. The fourth-order valence-corrected chi connectivity index (χ4v) is 3.38. The smallest absolute Gasteiger partial charge is 0.0348 e. The average molecular weight is 241 g/mol. The molecule has 1 aromatic carbocycles. The second-order valence-corrected chi connectivity index (χ2v) is 4.58. The Balaban J connectivity index is 2.81. The van der Waals surface area contributed by atoms with E-state index in [1.165, 1.54) is 20.5 Å². The zero-order valence-electron chi connectivity index (χ0n) is 6.80.